The van der Waals surface area contributed by atoms with Gasteiger partial charge in [-0.25, -0.2) is 0 Å². The van der Waals surface area contributed by atoms with Crippen LogP contribution in [0.1, 0.15) is 66.7 Å². The second-order valence-electron chi connectivity index (χ2n) is 7.17. The maximum Gasteiger partial charge on any atom is 0.326 e. The first-order valence-corrected chi connectivity index (χ1v) is 8.32. The maximum absolute atomic E-state index is 12.5. The van der Waals surface area contributed by atoms with Gasteiger partial charge in [0.05, 0.1) is 6.61 Å². The van der Waals surface area contributed by atoms with E-state index in [4.69, 9.17) is 4.74 Å². The van der Waals surface area contributed by atoms with Crippen molar-refractivity contribution in [1.29, 1.82) is 0 Å². The summed E-state index contributed by atoms with van der Waals surface area (Å²) in [6, 6.07) is 0. The summed E-state index contributed by atoms with van der Waals surface area (Å²) in [5, 5.41) is 3.55. The first-order chi connectivity index (χ1) is 9.39. The number of esters is 1. The van der Waals surface area contributed by atoms with Crippen molar-refractivity contribution in [1.82, 2.24) is 5.32 Å². The molecule has 2 atom stereocenters. The van der Waals surface area contributed by atoms with Crippen LogP contribution in [0.4, 0.5) is 0 Å². The van der Waals surface area contributed by atoms with E-state index in [2.05, 4.69) is 33.0 Å². The highest BCUT2D eigenvalue weighted by molar-refractivity contribution is 5.81. The second-order valence-corrected chi connectivity index (χ2v) is 7.17. The lowest BCUT2D eigenvalue weighted by Crippen LogP contribution is -2.56. The van der Waals surface area contributed by atoms with Gasteiger partial charge in [-0.1, -0.05) is 40.5 Å². The van der Waals surface area contributed by atoms with Crippen molar-refractivity contribution < 1.29 is 9.53 Å². The summed E-state index contributed by atoms with van der Waals surface area (Å²) in [5.41, 5.74) is -0.432. The zero-order chi connectivity index (χ0) is 15.2. The van der Waals surface area contributed by atoms with Crippen LogP contribution in [0, 0.1) is 17.8 Å². The summed E-state index contributed by atoms with van der Waals surface area (Å²) in [6.07, 6.45) is 5.46. The zero-order valence-electron chi connectivity index (χ0n) is 14.0. The lowest BCUT2D eigenvalue weighted by atomic mass is 9.73. The molecule has 0 heterocycles. The minimum atomic E-state index is -0.432. The fourth-order valence-electron chi connectivity index (χ4n) is 3.34. The molecule has 0 bridgehead atoms. The third-order valence-corrected chi connectivity index (χ3v) is 4.17. The molecule has 0 amide bonds. The normalized spacial score (nSPS) is 27.1. The summed E-state index contributed by atoms with van der Waals surface area (Å²) in [4.78, 5) is 12.5. The van der Waals surface area contributed by atoms with Crippen LogP contribution in [0.2, 0.25) is 0 Å². The van der Waals surface area contributed by atoms with E-state index in [1.807, 2.05) is 6.92 Å². The van der Waals surface area contributed by atoms with Gasteiger partial charge < -0.3 is 10.1 Å². The van der Waals surface area contributed by atoms with Gasteiger partial charge >= 0.3 is 5.97 Å². The smallest absolute Gasteiger partial charge is 0.326 e. The molecule has 0 aromatic rings. The van der Waals surface area contributed by atoms with Crippen LogP contribution in [0.5, 0.6) is 0 Å². The minimum absolute atomic E-state index is 0.0332. The second kappa shape index (κ2) is 8.02. The molecule has 1 aliphatic rings. The molecule has 3 heteroatoms. The molecule has 20 heavy (non-hydrogen) atoms. The van der Waals surface area contributed by atoms with Gasteiger partial charge in [-0.15, -0.1) is 0 Å². The van der Waals surface area contributed by atoms with Crippen LogP contribution in [0.25, 0.3) is 0 Å². The number of carbonyl (C=O) groups excluding carboxylic acids is 1. The van der Waals surface area contributed by atoms with Crippen molar-refractivity contribution in [2.45, 2.75) is 72.3 Å². The molecule has 0 spiro atoms. The molecule has 1 N–H and O–H groups in total. The Kier molecular flexibility index (Phi) is 7.01. The van der Waals surface area contributed by atoms with E-state index in [1.54, 1.807) is 0 Å². The quantitative estimate of drug-likeness (QED) is 0.723. The lowest BCUT2D eigenvalue weighted by Gasteiger charge is -2.40. The van der Waals surface area contributed by atoms with Gasteiger partial charge in [0, 0.05) is 0 Å². The highest BCUT2D eigenvalue weighted by atomic mass is 16.5. The van der Waals surface area contributed by atoms with Crippen molar-refractivity contribution in [2.24, 2.45) is 17.8 Å². The van der Waals surface area contributed by atoms with E-state index in [0.717, 1.165) is 25.8 Å². The third-order valence-electron chi connectivity index (χ3n) is 4.17. The van der Waals surface area contributed by atoms with E-state index in [9.17, 15) is 4.79 Å². The van der Waals surface area contributed by atoms with Crippen molar-refractivity contribution in [3.63, 3.8) is 0 Å². The van der Waals surface area contributed by atoms with Gasteiger partial charge in [0.25, 0.3) is 0 Å². The van der Waals surface area contributed by atoms with Crippen LogP contribution >= 0.6 is 0 Å². The predicted octanol–water partition coefficient (Wildman–Crippen LogP) is 3.77. The van der Waals surface area contributed by atoms with Crippen LogP contribution in [-0.2, 0) is 9.53 Å². The number of carbonyl (C=O) groups is 1. The van der Waals surface area contributed by atoms with E-state index >= 15 is 0 Å². The molecule has 0 aromatic carbocycles. The third kappa shape index (κ3) is 5.08. The molecule has 1 fully saturated rings. The molecule has 0 aliphatic heterocycles. The summed E-state index contributed by atoms with van der Waals surface area (Å²) in [6.45, 7) is 12.1. The SMILES string of the molecule is CCOC(=O)C1(NCC(C)C)CCCC(CC(C)C)C1. The van der Waals surface area contributed by atoms with E-state index in [0.29, 0.717) is 24.4 Å². The molecular weight excluding hydrogens is 250 g/mol. The van der Waals surface area contributed by atoms with E-state index in [-0.39, 0.29) is 5.97 Å². The standard InChI is InChI=1S/C17H33NO2/c1-6-20-16(19)17(18-12-14(4)5)9-7-8-15(11-17)10-13(2)3/h13-15,18H,6-12H2,1-5H3. The Bertz CT molecular complexity index is 301. The summed E-state index contributed by atoms with van der Waals surface area (Å²) in [5.74, 6) is 1.86. The predicted molar refractivity (Wildman–Crippen MR) is 83.6 cm³/mol. The lowest BCUT2D eigenvalue weighted by molar-refractivity contribution is -0.153. The Morgan fingerprint density at radius 3 is 2.55 bits per heavy atom. The van der Waals surface area contributed by atoms with Gasteiger partial charge in [-0.3, -0.25) is 4.79 Å². The molecule has 0 saturated heterocycles. The van der Waals surface area contributed by atoms with Crippen molar-refractivity contribution in [2.75, 3.05) is 13.2 Å². The Morgan fingerprint density at radius 2 is 2.00 bits per heavy atom. The Hall–Kier alpha value is -0.570. The highest BCUT2D eigenvalue weighted by Gasteiger charge is 2.43. The summed E-state index contributed by atoms with van der Waals surface area (Å²) >= 11 is 0. The largest absolute Gasteiger partial charge is 0.465 e. The molecule has 0 radical (unpaired) electrons. The highest BCUT2D eigenvalue weighted by Crippen LogP contribution is 2.36. The Labute approximate surface area is 124 Å². The first-order valence-electron chi connectivity index (χ1n) is 8.32. The topological polar surface area (TPSA) is 38.3 Å². The zero-order valence-corrected chi connectivity index (χ0v) is 14.0. The number of nitrogens with one attached hydrogen (secondary N) is 1. The fourth-order valence-corrected chi connectivity index (χ4v) is 3.34. The average Bonchev–Trinajstić information content (AvgIpc) is 2.36. The van der Waals surface area contributed by atoms with Gasteiger partial charge in [0.15, 0.2) is 0 Å². The number of ether oxygens (including phenoxy) is 1. The Morgan fingerprint density at radius 1 is 1.30 bits per heavy atom. The summed E-state index contributed by atoms with van der Waals surface area (Å²) in [7, 11) is 0. The molecule has 1 aliphatic carbocycles. The Balaban J connectivity index is 2.77. The van der Waals surface area contributed by atoms with Crippen LogP contribution in [0.15, 0.2) is 0 Å². The first kappa shape index (κ1) is 17.5. The number of hydrogen-bond acceptors (Lipinski definition) is 3. The summed E-state index contributed by atoms with van der Waals surface area (Å²) < 4.78 is 5.37. The minimum Gasteiger partial charge on any atom is -0.465 e. The number of hydrogen-bond donors (Lipinski definition) is 1. The van der Waals surface area contributed by atoms with Crippen molar-refractivity contribution in [3.05, 3.63) is 0 Å². The number of rotatable bonds is 7. The van der Waals surface area contributed by atoms with Crippen LogP contribution < -0.4 is 5.32 Å². The van der Waals surface area contributed by atoms with Crippen LogP contribution in [0.3, 0.4) is 0 Å². The fraction of sp³-hybridized carbons (Fsp3) is 0.941. The van der Waals surface area contributed by atoms with Crippen molar-refractivity contribution in [3.8, 4) is 0 Å². The molecule has 1 rings (SSSR count). The molecule has 1 saturated carbocycles. The average molecular weight is 283 g/mol. The van der Waals surface area contributed by atoms with Gasteiger partial charge in [-0.05, 0) is 50.5 Å². The van der Waals surface area contributed by atoms with Crippen molar-refractivity contribution >= 4 is 5.97 Å². The van der Waals surface area contributed by atoms with Crippen LogP contribution in [-0.4, -0.2) is 24.7 Å². The maximum atomic E-state index is 12.5. The molecular formula is C17H33NO2. The van der Waals surface area contributed by atoms with E-state index < -0.39 is 5.54 Å². The monoisotopic (exact) mass is 283 g/mol. The van der Waals surface area contributed by atoms with Gasteiger partial charge in [0.2, 0.25) is 0 Å². The molecule has 2 unspecified atom stereocenters. The van der Waals surface area contributed by atoms with E-state index in [1.165, 1.54) is 12.8 Å². The molecule has 118 valence electrons. The molecule has 3 nitrogen and oxygen atoms in total. The van der Waals surface area contributed by atoms with Gasteiger partial charge in [0.1, 0.15) is 5.54 Å². The van der Waals surface area contributed by atoms with Gasteiger partial charge in [-0.2, -0.15) is 0 Å². The molecule has 0 aromatic heterocycles.